The van der Waals surface area contributed by atoms with Crippen molar-refractivity contribution in [3.05, 3.63) is 86.6 Å². The van der Waals surface area contributed by atoms with Gasteiger partial charge < -0.3 is 19.0 Å². The Morgan fingerprint density at radius 2 is 1.18 bits per heavy atom. The van der Waals surface area contributed by atoms with E-state index in [4.69, 9.17) is 13.9 Å². The molecule has 0 saturated heterocycles. The van der Waals surface area contributed by atoms with E-state index in [9.17, 15) is 14.7 Å². The Kier molecular flexibility index (Phi) is 8.56. The average molecular weight is 613 g/mol. The molecule has 0 bridgehead atoms. The lowest BCUT2D eigenvalue weighted by atomic mass is 9.78. The van der Waals surface area contributed by atoms with Crippen LogP contribution in [0.2, 0.25) is 0 Å². The number of phenols is 1. The van der Waals surface area contributed by atoms with Gasteiger partial charge in [-0.15, -0.1) is 0 Å². The summed E-state index contributed by atoms with van der Waals surface area (Å²) in [6.07, 6.45) is 0. The molecule has 0 radical (unpaired) electrons. The van der Waals surface area contributed by atoms with Crippen LogP contribution >= 0.6 is 0 Å². The fraction of sp³-hybridized carbons (Fsp3) is 0.436. The van der Waals surface area contributed by atoms with E-state index in [1.165, 1.54) is 6.07 Å². The van der Waals surface area contributed by atoms with Gasteiger partial charge in [0.1, 0.15) is 28.6 Å². The molecule has 0 spiro atoms. The van der Waals surface area contributed by atoms with Gasteiger partial charge in [0.25, 0.3) is 0 Å². The standard InChI is InChI=1S/C39H48O6/c1-36(2,3)26-18-23(19-27(33(26)41)37(4,5)6)35(42)45-34-28(38(7,8)9)16-22(17-29(34)39(10,11)12)31-21-30(40)25-15-14-24(43-13)20-32(25)44-31/h14-21,41H,1-13H3. The molecule has 0 unspecified atom stereocenters. The maximum atomic E-state index is 14.1. The van der Waals surface area contributed by atoms with Gasteiger partial charge in [-0.05, 0) is 58.1 Å². The monoisotopic (exact) mass is 612 g/mol. The van der Waals surface area contributed by atoms with E-state index in [1.807, 2.05) is 53.7 Å². The van der Waals surface area contributed by atoms with Gasteiger partial charge in [0.15, 0.2) is 5.43 Å². The van der Waals surface area contributed by atoms with Crippen LogP contribution in [0.3, 0.4) is 0 Å². The number of aromatic hydroxyl groups is 1. The van der Waals surface area contributed by atoms with Gasteiger partial charge in [-0.3, -0.25) is 4.79 Å². The minimum atomic E-state index is -0.501. The van der Waals surface area contributed by atoms with Gasteiger partial charge in [0.2, 0.25) is 0 Å². The quantitative estimate of drug-likeness (QED) is 0.182. The second-order valence-corrected chi connectivity index (χ2v) is 16.0. The van der Waals surface area contributed by atoms with Crippen LogP contribution in [0.5, 0.6) is 17.2 Å². The van der Waals surface area contributed by atoms with E-state index in [-0.39, 0.29) is 11.2 Å². The number of carbonyl (C=O) groups is 1. The van der Waals surface area contributed by atoms with Crippen LogP contribution in [-0.4, -0.2) is 18.2 Å². The number of rotatable bonds is 4. The Bertz CT molecular complexity index is 1760. The van der Waals surface area contributed by atoms with Crippen molar-refractivity contribution in [3.8, 4) is 28.6 Å². The van der Waals surface area contributed by atoms with Crippen LogP contribution in [0.1, 0.15) is 116 Å². The summed E-state index contributed by atoms with van der Waals surface area (Å²) in [6.45, 7) is 24.5. The average Bonchev–Trinajstić information content (AvgIpc) is 2.90. The highest BCUT2D eigenvalue weighted by Crippen LogP contribution is 2.44. The molecule has 0 aliphatic carbocycles. The number of phenolic OH excluding ortho intramolecular Hbond substituents is 1. The number of hydrogen-bond acceptors (Lipinski definition) is 6. The Labute approximate surface area is 267 Å². The number of methoxy groups -OCH3 is 1. The number of hydrogen-bond donors (Lipinski definition) is 1. The van der Waals surface area contributed by atoms with E-state index in [2.05, 4.69) is 41.5 Å². The van der Waals surface area contributed by atoms with Gasteiger partial charge in [-0.25, -0.2) is 4.79 Å². The molecule has 0 amide bonds. The van der Waals surface area contributed by atoms with Crippen molar-refractivity contribution in [2.24, 2.45) is 0 Å². The summed E-state index contributed by atoms with van der Waals surface area (Å²) in [5.41, 5.74) is 2.67. The molecule has 45 heavy (non-hydrogen) atoms. The number of ether oxygens (including phenoxy) is 2. The summed E-state index contributed by atoms with van der Waals surface area (Å²) < 4.78 is 18.0. The van der Waals surface area contributed by atoms with Gasteiger partial charge in [-0.1, -0.05) is 83.1 Å². The predicted molar refractivity (Wildman–Crippen MR) is 182 cm³/mol. The molecule has 1 heterocycles. The lowest BCUT2D eigenvalue weighted by Crippen LogP contribution is -2.23. The van der Waals surface area contributed by atoms with Crippen LogP contribution < -0.4 is 14.9 Å². The van der Waals surface area contributed by atoms with Crippen molar-refractivity contribution in [3.63, 3.8) is 0 Å². The third-order valence-electron chi connectivity index (χ3n) is 8.08. The van der Waals surface area contributed by atoms with Gasteiger partial charge in [-0.2, -0.15) is 0 Å². The lowest BCUT2D eigenvalue weighted by molar-refractivity contribution is 0.0728. The van der Waals surface area contributed by atoms with Crippen molar-refractivity contribution in [2.75, 3.05) is 7.11 Å². The molecule has 0 atom stereocenters. The molecule has 0 fully saturated rings. The van der Waals surface area contributed by atoms with Crippen LogP contribution in [0.15, 0.2) is 57.7 Å². The number of benzene rings is 3. The first-order chi connectivity index (χ1) is 20.5. The first-order valence-corrected chi connectivity index (χ1v) is 15.4. The Balaban J connectivity index is 1.95. The zero-order valence-electron chi connectivity index (χ0n) is 29.1. The fourth-order valence-electron chi connectivity index (χ4n) is 5.45. The van der Waals surface area contributed by atoms with Crippen molar-refractivity contribution >= 4 is 16.9 Å². The molecule has 1 N–H and O–H groups in total. The van der Waals surface area contributed by atoms with E-state index < -0.39 is 27.6 Å². The maximum absolute atomic E-state index is 14.1. The third kappa shape index (κ3) is 6.95. The van der Waals surface area contributed by atoms with E-state index in [0.717, 1.165) is 11.1 Å². The smallest absolute Gasteiger partial charge is 0.343 e. The fourth-order valence-corrected chi connectivity index (χ4v) is 5.45. The van der Waals surface area contributed by atoms with Crippen molar-refractivity contribution < 1.29 is 23.8 Å². The van der Waals surface area contributed by atoms with Crippen molar-refractivity contribution in [1.29, 1.82) is 0 Å². The zero-order valence-corrected chi connectivity index (χ0v) is 29.1. The normalized spacial score (nSPS) is 12.8. The van der Waals surface area contributed by atoms with Gasteiger partial charge >= 0.3 is 5.97 Å². The molecule has 6 heteroatoms. The molecular formula is C39H48O6. The summed E-state index contributed by atoms with van der Waals surface area (Å²) >= 11 is 0. The van der Waals surface area contributed by atoms with Crippen LogP contribution in [0, 0.1) is 0 Å². The summed E-state index contributed by atoms with van der Waals surface area (Å²) in [4.78, 5) is 27.2. The third-order valence-corrected chi connectivity index (χ3v) is 8.08. The van der Waals surface area contributed by atoms with Crippen LogP contribution in [0.4, 0.5) is 0 Å². The molecule has 0 aliphatic rings. The second kappa shape index (κ2) is 11.4. The number of fused-ring (bicyclic) bond motifs is 1. The highest BCUT2D eigenvalue weighted by molar-refractivity contribution is 5.93. The van der Waals surface area contributed by atoms with Crippen molar-refractivity contribution in [2.45, 2.75) is 105 Å². The van der Waals surface area contributed by atoms with Crippen LogP contribution in [0.25, 0.3) is 22.3 Å². The highest BCUT2D eigenvalue weighted by atomic mass is 16.5. The predicted octanol–water partition coefficient (Wildman–Crippen LogP) is 9.58. The van der Waals surface area contributed by atoms with E-state index >= 15 is 0 Å². The largest absolute Gasteiger partial charge is 0.507 e. The highest BCUT2D eigenvalue weighted by Gasteiger charge is 2.32. The number of carbonyl (C=O) groups excluding carboxylic acids is 1. The summed E-state index contributed by atoms with van der Waals surface area (Å²) in [6, 6.07) is 14.0. The lowest BCUT2D eigenvalue weighted by Gasteiger charge is -2.30. The molecule has 1 aromatic heterocycles. The topological polar surface area (TPSA) is 86.0 Å². The van der Waals surface area contributed by atoms with E-state index in [0.29, 0.717) is 50.5 Å². The molecule has 6 nitrogen and oxygen atoms in total. The number of esters is 1. The molecule has 0 aliphatic heterocycles. The first-order valence-electron chi connectivity index (χ1n) is 15.4. The maximum Gasteiger partial charge on any atom is 0.343 e. The SMILES string of the molecule is COc1ccc2c(=O)cc(-c3cc(C(C)(C)C)c(OC(=O)c4cc(C(C)(C)C)c(O)c(C(C)(C)C)c4)c(C(C)(C)C)c3)oc2c1. The Morgan fingerprint density at radius 3 is 1.62 bits per heavy atom. The molecular weight excluding hydrogens is 564 g/mol. The summed E-state index contributed by atoms with van der Waals surface area (Å²) in [5.74, 6) is 1.19. The molecule has 3 aromatic carbocycles. The van der Waals surface area contributed by atoms with Gasteiger partial charge in [0, 0.05) is 39.9 Å². The Hall–Kier alpha value is -4.06. The summed E-state index contributed by atoms with van der Waals surface area (Å²) in [7, 11) is 1.57. The van der Waals surface area contributed by atoms with Crippen molar-refractivity contribution in [1.82, 2.24) is 0 Å². The summed E-state index contributed by atoms with van der Waals surface area (Å²) in [5, 5.41) is 11.7. The second-order valence-electron chi connectivity index (χ2n) is 16.0. The van der Waals surface area contributed by atoms with E-state index in [1.54, 1.807) is 37.4 Å². The molecule has 240 valence electrons. The Morgan fingerprint density at radius 1 is 0.689 bits per heavy atom. The minimum absolute atomic E-state index is 0.157. The first kappa shape index (κ1) is 33.8. The zero-order chi connectivity index (χ0) is 33.9. The molecule has 0 saturated carbocycles. The van der Waals surface area contributed by atoms with Crippen LogP contribution in [-0.2, 0) is 21.7 Å². The minimum Gasteiger partial charge on any atom is -0.507 e. The molecule has 4 rings (SSSR count). The van der Waals surface area contributed by atoms with Gasteiger partial charge in [0.05, 0.1) is 18.1 Å². The molecule has 4 aromatic rings.